The number of ether oxygens (including phenoxy) is 1. The molecule has 1 aliphatic carbocycles. The SMILES string of the molecule is CC(OC1CCCCCC1)C(=O)NCC(O)c1ccc(F)cc1. The molecule has 2 rings (SSSR count). The lowest BCUT2D eigenvalue weighted by Gasteiger charge is -2.21. The van der Waals surface area contributed by atoms with Crippen molar-refractivity contribution in [2.24, 2.45) is 0 Å². The van der Waals surface area contributed by atoms with Crippen molar-refractivity contribution in [2.45, 2.75) is 63.8 Å². The average molecular weight is 323 g/mol. The van der Waals surface area contributed by atoms with Crippen molar-refractivity contribution < 1.29 is 19.0 Å². The third kappa shape index (κ3) is 5.92. The molecule has 0 spiro atoms. The molecule has 1 aliphatic rings. The second-order valence-electron chi connectivity index (χ2n) is 6.20. The lowest BCUT2D eigenvalue weighted by atomic mass is 10.1. The van der Waals surface area contributed by atoms with Gasteiger partial charge in [0.25, 0.3) is 0 Å². The van der Waals surface area contributed by atoms with Crippen molar-refractivity contribution in [3.8, 4) is 0 Å². The van der Waals surface area contributed by atoms with Crippen molar-refractivity contribution in [1.82, 2.24) is 5.32 Å². The highest BCUT2D eigenvalue weighted by molar-refractivity contribution is 5.80. The lowest BCUT2D eigenvalue weighted by Crippen LogP contribution is -2.38. The molecule has 0 saturated heterocycles. The molecule has 0 radical (unpaired) electrons. The summed E-state index contributed by atoms with van der Waals surface area (Å²) in [4.78, 5) is 12.1. The molecular weight excluding hydrogens is 297 g/mol. The standard InChI is InChI=1S/C18H26FNO3/c1-13(23-16-6-4-2-3-5-7-16)18(22)20-12-17(21)14-8-10-15(19)11-9-14/h8-11,13,16-17,21H,2-7,12H2,1H3,(H,20,22). The molecule has 1 amide bonds. The second-order valence-corrected chi connectivity index (χ2v) is 6.20. The van der Waals surface area contributed by atoms with Crippen LogP contribution in [0.2, 0.25) is 0 Å². The van der Waals surface area contributed by atoms with Crippen LogP contribution in [0.25, 0.3) is 0 Å². The van der Waals surface area contributed by atoms with E-state index in [0.717, 1.165) is 25.7 Å². The minimum absolute atomic E-state index is 0.0861. The maximum Gasteiger partial charge on any atom is 0.248 e. The van der Waals surface area contributed by atoms with E-state index in [-0.39, 0.29) is 24.4 Å². The van der Waals surface area contributed by atoms with Crippen LogP contribution in [-0.4, -0.2) is 29.8 Å². The third-order valence-electron chi connectivity index (χ3n) is 4.29. The topological polar surface area (TPSA) is 58.6 Å². The molecule has 1 saturated carbocycles. The smallest absolute Gasteiger partial charge is 0.248 e. The summed E-state index contributed by atoms with van der Waals surface area (Å²) in [5, 5.41) is 12.7. The zero-order chi connectivity index (χ0) is 16.7. The van der Waals surface area contributed by atoms with Gasteiger partial charge < -0.3 is 15.2 Å². The number of aliphatic hydroxyl groups is 1. The molecule has 1 aromatic carbocycles. The Bertz CT molecular complexity index is 484. The Kier molecular flexibility index (Phi) is 6.99. The molecule has 128 valence electrons. The zero-order valence-corrected chi connectivity index (χ0v) is 13.6. The summed E-state index contributed by atoms with van der Waals surface area (Å²) in [6, 6.07) is 5.60. The number of nitrogens with one attached hydrogen (secondary N) is 1. The van der Waals surface area contributed by atoms with Crippen molar-refractivity contribution >= 4 is 5.91 Å². The summed E-state index contributed by atoms with van der Waals surface area (Å²) in [6.07, 6.45) is 5.58. The summed E-state index contributed by atoms with van der Waals surface area (Å²) in [6.45, 7) is 1.83. The summed E-state index contributed by atoms with van der Waals surface area (Å²) in [7, 11) is 0. The van der Waals surface area contributed by atoms with Crippen LogP contribution < -0.4 is 5.32 Å². The van der Waals surface area contributed by atoms with Gasteiger partial charge >= 0.3 is 0 Å². The molecule has 4 nitrogen and oxygen atoms in total. The van der Waals surface area contributed by atoms with Crippen molar-refractivity contribution in [3.63, 3.8) is 0 Å². The quantitative estimate of drug-likeness (QED) is 0.791. The summed E-state index contributed by atoms with van der Waals surface area (Å²) in [5.74, 6) is -0.578. The van der Waals surface area contributed by atoms with Crippen LogP contribution in [0.3, 0.4) is 0 Å². The van der Waals surface area contributed by atoms with E-state index in [2.05, 4.69) is 5.32 Å². The molecule has 23 heavy (non-hydrogen) atoms. The largest absolute Gasteiger partial charge is 0.387 e. The van der Waals surface area contributed by atoms with Crippen LogP contribution in [0.15, 0.2) is 24.3 Å². The van der Waals surface area contributed by atoms with Crippen molar-refractivity contribution in [3.05, 3.63) is 35.6 Å². The summed E-state index contributed by atoms with van der Waals surface area (Å²) in [5.41, 5.74) is 0.573. The van der Waals surface area contributed by atoms with Gasteiger partial charge in [0.1, 0.15) is 11.9 Å². The Hall–Kier alpha value is -1.46. The van der Waals surface area contributed by atoms with Crippen LogP contribution in [-0.2, 0) is 9.53 Å². The molecule has 2 N–H and O–H groups in total. The van der Waals surface area contributed by atoms with Crippen molar-refractivity contribution in [2.75, 3.05) is 6.54 Å². The summed E-state index contributed by atoms with van der Waals surface area (Å²) < 4.78 is 18.7. The predicted molar refractivity (Wildman–Crippen MR) is 86.4 cm³/mol. The Balaban J connectivity index is 1.75. The number of halogens is 1. The predicted octanol–water partition coefficient (Wildman–Crippen LogP) is 3.10. The fraction of sp³-hybridized carbons (Fsp3) is 0.611. The molecular formula is C18H26FNO3. The summed E-state index contributed by atoms with van der Waals surface area (Å²) >= 11 is 0. The number of hydrogen-bond donors (Lipinski definition) is 2. The van der Waals surface area contributed by atoms with Crippen LogP contribution in [0, 0.1) is 5.82 Å². The number of hydrogen-bond acceptors (Lipinski definition) is 3. The molecule has 0 bridgehead atoms. The molecule has 0 aliphatic heterocycles. The van der Waals surface area contributed by atoms with Gasteiger partial charge in [0.05, 0.1) is 12.2 Å². The molecule has 5 heteroatoms. The fourth-order valence-corrected chi connectivity index (χ4v) is 2.87. The van der Waals surface area contributed by atoms with Gasteiger partial charge in [-0.05, 0) is 37.5 Å². The maximum absolute atomic E-state index is 12.9. The lowest BCUT2D eigenvalue weighted by molar-refractivity contribution is -0.136. The van der Waals surface area contributed by atoms with Gasteiger partial charge in [-0.25, -0.2) is 4.39 Å². The first kappa shape index (κ1) is 17.9. The van der Waals surface area contributed by atoms with E-state index in [4.69, 9.17) is 4.74 Å². The normalized spacial score (nSPS) is 18.9. The first-order chi connectivity index (χ1) is 11.1. The fourth-order valence-electron chi connectivity index (χ4n) is 2.87. The number of benzene rings is 1. The monoisotopic (exact) mass is 323 g/mol. The van der Waals surface area contributed by atoms with Gasteiger partial charge in [0, 0.05) is 6.54 Å². The van der Waals surface area contributed by atoms with Gasteiger partial charge in [-0.1, -0.05) is 37.8 Å². The molecule has 1 fully saturated rings. The Morgan fingerprint density at radius 1 is 1.26 bits per heavy atom. The highest BCUT2D eigenvalue weighted by Crippen LogP contribution is 2.21. The molecule has 2 atom stereocenters. The van der Waals surface area contributed by atoms with Gasteiger partial charge in [-0.3, -0.25) is 4.79 Å². The molecule has 1 aromatic rings. The molecule has 0 aromatic heterocycles. The van der Waals surface area contributed by atoms with Crippen molar-refractivity contribution in [1.29, 1.82) is 0 Å². The van der Waals surface area contributed by atoms with E-state index in [1.807, 2.05) is 0 Å². The van der Waals surface area contributed by atoms with Gasteiger partial charge in [0.2, 0.25) is 5.91 Å². The number of carbonyl (C=O) groups excluding carboxylic acids is 1. The number of rotatable bonds is 6. The Morgan fingerprint density at radius 3 is 2.48 bits per heavy atom. The van der Waals surface area contributed by atoms with E-state index >= 15 is 0 Å². The van der Waals surface area contributed by atoms with E-state index < -0.39 is 12.2 Å². The number of aliphatic hydroxyl groups excluding tert-OH is 1. The zero-order valence-electron chi connectivity index (χ0n) is 13.6. The first-order valence-corrected chi connectivity index (χ1v) is 8.43. The van der Waals surface area contributed by atoms with E-state index in [1.54, 1.807) is 6.92 Å². The average Bonchev–Trinajstić information content (AvgIpc) is 2.81. The maximum atomic E-state index is 12.9. The van der Waals surface area contributed by atoms with E-state index in [0.29, 0.717) is 5.56 Å². The van der Waals surface area contributed by atoms with E-state index in [9.17, 15) is 14.3 Å². The van der Waals surface area contributed by atoms with Gasteiger partial charge in [-0.2, -0.15) is 0 Å². The van der Waals surface area contributed by atoms with Crippen LogP contribution in [0.4, 0.5) is 4.39 Å². The molecule has 0 heterocycles. The highest BCUT2D eigenvalue weighted by atomic mass is 19.1. The number of amides is 1. The first-order valence-electron chi connectivity index (χ1n) is 8.43. The Labute approximate surface area is 137 Å². The minimum Gasteiger partial charge on any atom is -0.387 e. The molecule has 2 unspecified atom stereocenters. The van der Waals surface area contributed by atoms with E-state index in [1.165, 1.54) is 37.1 Å². The highest BCUT2D eigenvalue weighted by Gasteiger charge is 2.21. The second kappa shape index (κ2) is 8.99. The number of carbonyl (C=O) groups is 1. The van der Waals surface area contributed by atoms with Crippen LogP contribution in [0.1, 0.15) is 57.1 Å². The van der Waals surface area contributed by atoms with Gasteiger partial charge in [-0.15, -0.1) is 0 Å². The third-order valence-corrected chi connectivity index (χ3v) is 4.29. The Morgan fingerprint density at radius 2 is 1.87 bits per heavy atom. The van der Waals surface area contributed by atoms with Crippen LogP contribution in [0.5, 0.6) is 0 Å². The minimum atomic E-state index is -0.857. The van der Waals surface area contributed by atoms with Crippen LogP contribution >= 0.6 is 0 Å². The van der Waals surface area contributed by atoms with Gasteiger partial charge in [0.15, 0.2) is 0 Å².